The van der Waals surface area contributed by atoms with E-state index in [9.17, 15) is 0 Å². The highest BCUT2D eigenvalue weighted by atomic mass is 32.2. The van der Waals surface area contributed by atoms with E-state index in [0.717, 1.165) is 25.1 Å². The number of thioether (sulfide) groups is 1. The molecule has 1 aromatic rings. The van der Waals surface area contributed by atoms with Crippen molar-refractivity contribution in [3.63, 3.8) is 0 Å². The van der Waals surface area contributed by atoms with Gasteiger partial charge in [-0.1, -0.05) is 20.3 Å². The maximum absolute atomic E-state index is 9.16. The summed E-state index contributed by atoms with van der Waals surface area (Å²) in [5.74, 6) is 0. The fourth-order valence-electron chi connectivity index (χ4n) is 2.13. The first-order valence-corrected chi connectivity index (χ1v) is 7.43. The molecular weight excluding hydrogens is 240 g/mol. The topological polar surface area (TPSA) is 35.8 Å². The molecule has 0 heterocycles. The van der Waals surface area contributed by atoms with Gasteiger partial charge in [0, 0.05) is 22.4 Å². The van der Waals surface area contributed by atoms with Gasteiger partial charge in [0.25, 0.3) is 0 Å². The molecule has 0 radical (unpaired) electrons. The first kappa shape index (κ1) is 13.3. The van der Waals surface area contributed by atoms with Crippen LogP contribution in [0.3, 0.4) is 0 Å². The van der Waals surface area contributed by atoms with Crippen LogP contribution in [0.2, 0.25) is 0 Å². The van der Waals surface area contributed by atoms with Crippen molar-refractivity contribution in [2.75, 3.05) is 11.9 Å². The Morgan fingerprint density at radius 3 is 2.44 bits per heavy atom. The molecule has 3 heteroatoms. The van der Waals surface area contributed by atoms with Gasteiger partial charge in [0.1, 0.15) is 0 Å². The smallest absolute Gasteiger partial charge is 0.0746 e. The second kappa shape index (κ2) is 5.67. The molecule has 0 spiro atoms. The highest BCUT2D eigenvalue weighted by Crippen LogP contribution is 2.40. The SMILES string of the molecule is CC(C)Sc1ccc(NCC2(C#N)CCC2)cc1. The van der Waals surface area contributed by atoms with E-state index in [1.807, 2.05) is 11.8 Å². The van der Waals surface area contributed by atoms with Crippen molar-refractivity contribution in [2.24, 2.45) is 5.41 Å². The van der Waals surface area contributed by atoms with Crippen LogP contribution in [0.15, 0.2) is 29.2 Å². The summed E-state index contributed by atoms with van der Waals surface area (Å²) in [6.07, 6.45) is 3.27. The second-order valence-corrected chi connectivity index (χ2v) is 6.94. The molecule has 0 amide bonds. The number of nitriles is 1. The van der Waals surface area contributed by atoms with E-state index in [-0.39, 0.29) is 5.41 Å². The number of nitrogens with one attached hydrogen (secondary N) is 1. The van der Waals surface area contributed by atoms with Gasteiger partial charge in [0.15, 0.2) is 0 Å². The summed E-state index contributed by atoms with van der Waals surface area (Å²) >= 11 is 1.87. The fourth-order valence-corrected chi connectivity index (χ4v) is 2.96. The van der Waals surface area contributed by atoms with Crippen LogP contribution in [0.5, 0.6) is 0 Å². The van der Waals surface area contributed by atoms with Gasteiger partial charge in [0.2, 0.25) is 0 Å². The Balaban J connectivity index is 1.89. The van der Waals surface area contributed by atoms with Crippen molar-refractivity contribution in [1.29, 1.82) is 5.26 Å². The van der Waals surface area contributed by atoms with Gasteiger partial charge in [-0.3, -0.25) is 0 Å². The standard InChI is InChI=1S/C15H20N2S/c1-12(2)18-14-6-4-13(5-7-14)17-11-15(10-16)8-3-9-15/h4-7,12,17H,3,8-9,11H2,1-2H3. The maximum atomic E-state index is 9.16. The van der Waals surface area contributed by atoms with Crippen LogP contribution in [0.4, 0.5) is 5.69 Å². The summed E-state index contributed by atoms with van der Waals surface area (Å²) in [7, 11) is 0. The van der Waals surface area contributed by atoms with Gasteiger partial charge in [-0.25, -0.2) is 0 Å². The molecule has 2 rings (SSSR count). The first-order chi connectivity index (χ1) is 8.63. The van der Waals surface area contributed by atoms with E-state index in [1.54, 1.807) is 0 Å². The van der Waals surface area contributed by atoms with E-state index in [2.05, 4.69) is 49.5 Å². The lowest BCUT2D eigenvalue weighted by Crippen LogP contribution is -2.34. The fraction of sp³-hybridized carbons (Fsp3) is 0.533. The average molecular weight is 260 g/mol. The predicted molar refractivity (Wildman–Crippen MR) is 77.8 cm³/mol. The van der Waals surface area contributed by atoms with Crippen molar-refractivity contribution >= 4 is 17.4 Å². The Labute approximate surface area is 114 Å². The largest absolute Gasteiger partial charge is 0.383 e. The Bertz CT molecular complexity index is 427. The number of anilines is 1. The van der Waals surface area contributed by atoms with E-state index in [4.69, 9.17) is 5.26 Å². The lowest BCUT2D eigenvalue weighted by Gasteiger charge is -2.35. The van der Waals surface area contributed by atoms with Gasteiger partial charge >= 0.3 is 0 Å². The molecule has 0 saturated heterocycles. The summed E-state index contributed by atoms with van der Waals surface area (Å²) in [6, 6.07) is 11.0. The minimum Gasteiger partial charge on any atom is -0.383 e. The Morgan fingerprint density at radius 2 is 2.00 bits per heavy atom. The van der Waals surface area contributed by atoms with Crippen molar-refractivity contribution in [1.82, 2.24) is 0 Å². The third-order valence-electron chi connectivity index (χ3n) is 3.40. The molecule has 1 N–H and O–H groups in total. The molecule has 2 nitrogen and oxygen atoms in total. The van der Waals surface area contributed by atoms with Crippen molar-refractivity contribution < 1.29 is 0 Å². The Kier molecular flexibility index (Phi) is 4.19. The molecule has 0 aliphatic heterocycles. The number of hydrogen-bond acceptors (Lipinski definition) is 3. The Hall–Kier alpha value is -1.14. The highest BCUT2D eigenvalue weighted by Gasteiger charge is 2.36. The lowest BCUT2D eigenvalue weighted by atomic mass is 9.70. The first-order valence-electron chi connectivity index (χ1n) is 6.55. The summed E-state index contributed by atoms with van der Waals surface area (Å²) in [5.41, 5.74) is 1.01. The minimum absolute atomic E-state index is 0.106. The molecule has 0 aromatic heterocycles. The third kappa shape index (κ3) is 3.20. The van der Waals surface area contributed by atoms with Gasteiger partial charge in [-0.05, 0) is 37.1 Å². The van der Waals surface area contributed by atoms with Crippen LogP contribution in [-0.4, -0.2) is 11.8 Å². The molecule has 96 valence electrons. The molecule has 1 aliphatic carbocycles. The summed E-state index contributed by atoms with van der Waals surface area (Å²) in [6.45, 7) is 5.17. The quantitative estimate of drug-likeness (QED) is 0.802. The number of rotatable bonds is 5. The molecule has 1 aromatic carbocycles. The zero-order chi connectivity index (χ0) is 13.0. The zero-order valence-electron chi connectivity index (χ0n) is 11.1. The minimum atomic E-state index is -0.106. The Morgan fingerprint density at radius 1 is 1.33 bits per heavy atom. The molecule has 0 unspecified atom stereocenters. The van der Waals surface area contributed by atoms with Crippen molar-refractivity contribution in [3.05, 3.63) is 24.3 Å². The average Bonchev–Trinajstić information content (AvgIpc) is 2.30. The zero-order valence-corrected chi connectivity index (χ0v) is 11.9. The number of nitrogens with zero attached hydrogens (tertiary/aromatic N) is 1. The summed E-state index contributed by atoms with van der Waals surface area (Å²) in [4.78, 5) is 1.30. The molecule has 1 saturated carbocycles. The van der Waals surface area contributed by atoms with Crippen molar-refractivity contribution in [2.45, 2.75) is 43.3 Å². The summed E-state index contributed by atoms with van der Waals surface area (Å²) in [5, 5.41) is 13.2. The van der Waals surface area contributed by atoms with E-state index in [1.165, 1.54) is 11.3 Å². The van der Waals surface area contributed by atoms with E-state index >= 15 is 0 Å². The number of hydrogen-bond donors (Lipinski definition) is 1. The van der Waals surface area contributed by atoms with Crippen LogP contribution in [0, 0.1) is 16.7 Å². The summed E-state index contributed by atoms with van der Waals surface area (Å²) < 4.78 is 0. The van der Waals surface area contributed by atoms with Gasteiger partial charge in [-0.15, -0.1) is 11.8 Å². The maximum Gasteiger partial charge on any atom is 0.0746 e. The van der Waals surface area contributed by atoms with Crippen LogP contribution in [0.1, 0.15) is 33.1 Å². The molecule has 0 bridgehead atoms. The van der Waals surface area contributed by atoms with Gasteiger partial charge < -0.3 is 5.32 Å². The van der Waals surface area contributed by atoms with Crippen LogP contribution >= 0.6 is 11.8 Å². The highest BCUT2D eigenvalue weighted by molar-refractivity contribution is 7.99. The van der Waals surface area contributed by atoms with Gasteiger partial charge in [-0.2, -0.15) is 5.26 Å². The van der Waals surface area contributed by atoms with E-state index < -0.39 is 0 Å². The molecule has 1 aliphatic rings. The normalized spacial score (nSPS) is 17.0. The van der Waals surface area contributed by atoms with Crippen molar-refractivity contribution in [3.8, 4) is 6.07 Å². The monoisotopic (exact) mass is 260 g/mol. The third-order valence-corrected chi connectivity index (χ3v) is 4.42. The second-order valence-electron chi connectivity index (χ2n) is 5.29. The van der Waals surface area contributed by atoms with Gasteiger partial charge in [0.05, 0.1) is 11.5 Å². The van der Waals surface area contributed by atoms with Crippen LogP contribution < -0.4 is 5.32 Å². The van der Waals surface area contributed by atoms with Crippen LogP contribution in [0.25, 0.3) is 0 Å². The van der Waals surface area contributed by atoms with Crippen LogP contribution in [-0.2, 0) is 0 Å². The predicted octanol–water partition coefficient (Wildman–Crippen LogP) is 4.29. The molecular formula is C15H20N2S. The number of benzene rings is 1. The molecule has 0 atom stereocenters. The molecule has 18 heavy (non-hydrogen) atoms. The lowest BCUT2D eigenvalue weighted by molar-refractivity contribution is 0.233. The molecule has 1 fully saturated rings. The van der Waals surface area contributed by atoms with E-state index in [0.29, 0.717) is 5.25 Å².